The van der Waals surface area contributed by atoms with Gasteiger partial charge in [0.05, 0.1) is 0 Å². The van der Waals surface area contributed by atoms with Crippen LogP contribution in [0.25, 0.3) is 0 Å². The zero-order valence-corrected chi connectivity index (χ0v) is 4.71. The van der Waals surface area contributed by atoms with Gasteiger partial charge in [-0.1, -0.05) is 0 Å². The second-order valence-corrected chi connectivity index (χ2v) is 1.04. The molecule has 0 unspecified atom stereocenters. The number of carboxylic acid groups (broad SMARTS) is 2. The summed E-state index contributed by atoms with van der Waals surface area (Å²) in [6.07, 6.45) is 0. The Morgan fingerprint density at radius 2 is 1.00 bits per heavy atom. The van der Waals surface area contributed by atoms with Gasteiger partial charge in [-0.15, -0.1) is 0 Å². The second-order valence-electron chi connectivity index (χ2n) is 1.04. The summed E-state index contributed by atoms with van der Waals surface area (Å²) >= 11 is 0. The average molecular weight is 252 g/mol. The number of aliphatic carboxylic acids is 2. The van der Waals surface area contributed by atoms with Gasteiger partial charge in [-0.25, -0.2) is 0 Å². The Hall–Kier alpha value is 1.68. The molecule has 0 aromatic heterocycles. The van der Waals surface area contributed by atoms with Crippen molar-refractivity contribution >= 4 is 95.2 Å². The molecular weight excluding hydrogens is 240 g/mol. The molecule has 0 bridgehead atoms. The third-order valence-corrected chi connectivity index (χ3v) is 0. The van der Waals surface area contributed by atoms with Crippen molar-refractivity contribution < 1.29 is 19.8 Å². The van der Waals surface area contributed by atoms with E-state index >= 15 is 0 Å². The molecule has 4 nitrogen and oxygen atoms in total. The quantitative estimate of drug-likeness (QED) is 0.506. The number of hydrogen-bond donors (Lipinski definition) is 2. The van der Waals surface area contributed by atoms with Gasteiger partial charge in [0.1, 0.15) is 0 Å². The van der Waals surface area contributed by atoms with Gasteiger partial charge in [-0.05, 0) is 0 Å². The molecule has 10 heavy (non-hydrogen) atoms. The van der Waals surface area contributed by atoms with Crippen LogP contribution in [0.4, 0.5) is 0 Å². The molecule has 0 aromatic carbocycles. The zero-order valence-electron chi connectivity index (χ0n) is 4.71. The Kier molecular flexibility index (Phi) is 38.3. The summed E-state index contributed by atoms with van der Waals surface area (Å²) in [7, 11) is 0. The topological polar surface area (TPSA) is 74.6 Å². The van der Waals surface area contributed by atoms with Crippen molar-refractivity contribution in [1.82, 2.24) is 0 Å². The standard InChI is InChI=1S/2C2H4O2.Ca.Sr.4H/c2*1-2(3)4;;;;;;/h2*1H3,(H,3,4);;;;;;. The van der Waals surface area contributed by atoms with Crippen molar-refractivity contribution in [3.05, 3.63) is 0 Å². The number of rotatable bonds is 0. The molecule has 0 aliphatic carbocycles. The minimum absolute atomic E-state index is 0. The van der Waals surface area contributed by atoms with Crippen molar-refractivity contribution in [3.8, 4) is 0 Å². The molecule has 0 aliphatic rings. The fraction of sp³-hybridized carbons (Fsp3) is 0.500. The molecule has 0 aliphatic heterocycles. The molecule has 0 saturated heterocycles. The maximum atomic E-state index is 9.00. The Bertz CT molecular complexity index is 75.3. The van der Waals surface area contributed by atoms with Gasteiger partial charge in [-0.3, -0.25) is 9.59 Å². The fourth-order valence-electron chi connectivity index (χ4n) is 0. The van der Waals surface area contributed by atoms with Gasteiger partial charge in [0.15, 0.2) is 0 Å². The predicted octanol–water partition coefficient (Wildman–Crippen LogP) is -1.65. The Labute approximate surface area is 126 Å². The first-order chi connectivity index (χ1) is 3.46. The van der Waals surface area contributed by atoms with Crippen LogP contribution in [0.1, 0.15) is 13.8 Å². The Balaban J connectivity index is -0.0000000300. The van der Waals surface area contributed by atoms with Crippen LogP contribution < -0.4 is 0 Å². The third kappa shape index (κ3) is 258. The van der Waals surface area contributed by atoms with Crippen molar-refractivity contribution in [2.45, 2.75) is 13.8 Å². The molecule has 0 heterocycles. The van der Waals surface area contributed by atoms with E-state index in [4.69, 9.17) is 19.8 Å². The first-order valence-corrected chi connectivity index (χ1v) is 1.86. The number of hydrogen-bond acceptors (Lipinski definition) is 2. The van der Waals surface area contributed by atoms with Crippen molar-refractivity contribution in [3.63, 3.8) is 0 Å². The summed E-state index contributed by atoms with van der Waals surface area (Å²) in [4.78, 5) is 18.0. The van der Waals surface area contributed by atoms with Crippen LogP contribution in [0.2, 0.25) is 0 Å². The van der Waals surface area contributed by atoms with Gasteiger partial charge in [-0.2, -0.15) is 0 Å². The van der Waals surface area contributed by atoms with E-state index in [1.54, 1.807) is 0 Å². The summed E-state index contributed by atoms with van der Waals surface area (Å²) in [6.45, 7) is 2.17. The first kappa shape index (κ1) is 22.6. The molecule has 0 amide bonds. The summed E-state index contributed by atoms with van der Waals surface area (Å²) in [6, 6.07) is 0. The number of carbonyl (C=O) groups is 2. The molecular formula is C4H12CaO4Sr. The third-order valence-electron chi connectivity index (χ3n) is 0. The molecule has 0 spiro atoms. The normalized spacial score (nSPS) is 5.00. The average Bonchev–Trinajstić information content (AvgIpc) is 1.25. The maximum absolute atomic E-state index is 9.00. The van der Waals surface area contributed by atoms with Gasteiger partial charge >= 0.3 is 83.2 Å². The molecule has 0 atom stereocenters. The van der Waals surface area contributed by atoms with Crippen LogP contribution in [0.5, 0.6) is 0 Å². The molecule has 0 aromatic rings. The summed E-state index contributed by atoms with van der Waals surface area (Å²) < 4.78 is 0. The van der Waals surface area contributed by atoms with E-state index < -0.39 is 11.9 Å². The summed E-state index contributed by atoms with van der Waals surface area (Å²) in [5.41, 5.74) is 0. The van der Waals surface area contributed by atoms with E-state index in [1.165, 1.54) is 0 Å². The van der Waals surface area contributed by atoms with Crippen molar-refractivity contribution in [2.75, 3.05) is 0 Å². The van der Waals surface area contributed by atoms with Crippen LogP contribution in [0, 0.1) is 0 Å². The molecule has 0 fully saturated rings. The minimum atomic E-state index is -0.833. The van der Waals surface area contributed by atoms with Crippen molar-refractivity contribution in [2.24, 2.45) is 0 Å². The van der Waals surface area contributed by atoms with Crippen LogP contribution in [-0.4, -0.2) is 105 Å². The number of carboxylic acids is 2. The van der Waals surface area contributed by atoms with E-state index in [9.17, 15) is 0 Å². The zero-order chi connectivity index (χ0) is 7.15. The Morgan fingerprint density at radius 3 is 1.00 bits per heavy atom. The molecule has 0 rings (SSSR count). The molecule has 0 radical (unpaired) electrons. The predicted molar refractivity (Wildman–Crippen MR) is 43.7 cm³/mol. The summed E-state index contributed by atoms with van der Waals surface area (Å²) in [5.74, 6) is -1.67. The van der Waals surface area contributed by atoms with Crippen LogP contribution in [0.3, 0.4) is 0 Å². The van der Waals surface area contributed by atoms with E-state index in [1.807, 2.05) is 0 Å². The molecule has 6 heteroatoms. The van der Waals surface area contributed by atoms with E-state index in [2.05, 4.69) is 0 Å². The molecule has 0 saturated carbocycles. The fourth-order valence-corrected chi connectivity index (χ4v) is 0. The molecule has 56 valence electrons. The van der Waals surface area contributed by atoms with E-state index in [0.717, 1.165) is 13.8 Å². The monoisotopic (exact) mass is 252 g/mol. The van der Waals surface area contributed by atoms with Crippen LogP contribution in [0.15, 0.2) is 0 Å². The van der Waals surface area contributed by atoms with Crippen LogP contribution in [-0.2, 0) is 9.59 Å². The first-order valence-electron chi connectivity index (χ1n) is 1.86. The van der Waals surface area contributed by atoms with Gasteiger partial charge in [0.25, 0.3) is 11.9 Å². The molecule has 2 N–H and O–H groups in total. The Morgan fingerprint density at radius 1 is 1.00 bits per heavy atom. The van der Waals surface area contributed by atoms with Crippen LogP contribution >= 0.6 is 0 Å². The van der Waals surface area contributed by atoms with Gasteiger partial charge in [0, 0.05) is 13.8 Å². The van der Waals surface area contributed by atoms with Crippen molar-refractivity contribution in [1.29, 1.82) is 0 Å². The van der Waals surface area contributed by atoms with E-state index in [-0.39, 0.29) is 83.2 Å². The second kappa shape index (κ2) is 17.0. The summed E-state index contributed by atoms with van der Waals surface area (Å²) in [5, 5.41) is 14.8. The van der Waals surface area contributed by atoms with Gasteiger partial charge in [0.2, 0.25) is 0 Å². The van der Waals surface area contributed by atoms with Gasteiger partial charge < -0.3 is 10.2 Å². The van der Waals surface area contributed by atoms with E-state index in [0.29, 0.717) is 0 Å². The SMILES string of the molecule is CC(=O)O.CC(=O)O.[CaH2].[SrH2].